The van der Waals surface area contributed by atoms with E-state index in [2.05, 4.69) is 27.6 Å². The highest BCUT2D eigenvalue weighted by molar-refractivity contribution is 14.1. The van der Waals surface area contributed by atoms with Crippen molar-refractivity contribution in [3.63, 3.8) is 0 Å². The molecular weight excluding hydrogens is 253 g/mol. The van der Waals surface area contributed by atoms with Crippen LogP contribution in [0.2, 0.25) is 0 Å². The van der Waals surface area contributed by atoms with E-state index < -0.39 is 0 Å². The summed E-state index contributed by atoms with van der Waals surface area (Å²) >= 11 is 2.13. The van der Waals surface area contributed by atoms with Crippen molar-refractivity contribution in [1.82, 2.24) is 0 Å². The van der Waals surface area contributed by atoms with E-state index in [0.29, 0.717) is 5.69 Å². The molecule has 11 heavy (non-hydrogen) atoms. The average molecular weight is 259 g/mol. The minimum absolute atomic E-state index is 0.695. The van der Waals surface area contributed by atoms with Crippen LogP contribution in [0.25, 0.3) is 0 Å². The van der Waals surface area contributed by atoms with Crippen molar-refractivity contribution in [2.45, 2.75) is 6.92 Å². The molecule has 0 amide bonds. The minimum atomic E-state index is 0.695. The van der Waals surface area contributed by atoms with Crippen LogP contribution in [-0.4, -0.2) is 6.08 Å². The summed E-state index contributed by atoms with van der Waals surface area (Å²) in [5.74, 6) is 0. The molecule has 56 valence electrons. The van der Waals surface area contributed by atoms with Crippen molar-refractivity contribution >= 4 is 34.4 Å². The summed E-state index contributed by atoms with van der Waals surface area (Å²) < 4.78 is 0.969. The first kappa shape index (κ1) is 8.43. The van der Waals surface area contributed by atoms with Gasteiger partial charge in [-0.1, -0.05) is 6.07 Å². The SMILES string of the molecule is Cc1ccc(I)c(N=C=O)c1. The number of isocyanates is 1. The number of rotatable bonds is 1. The van der Waals surface area contributed by atoms with Gasteiger partial charge in [-0.25, -0.2) is 4.79 Å². The van der Waals surface area contributed by atoms with Gasteiger partial charge in [0, 0.05) is 3.57 Å². The molecule has 1 aromatic rings. The Morgan fingerprint density at radius 1 is 1.55 bits per heavy atom. The number of hydrogen-bond acceptors (Lipinski definition) is 2. The molecule has 0 aliphatic carbocycles. The highest BCUT2D eigenvalue weighted by Crippen LogP contribution is 2.21. The lowest BCUT2D eigenvalue weighted by Gasteiger charge is -1.96. The van der Waals surface area contributed by atoms with Crippen LogP contribution in [0.1, 0.15) is 5.56 Å². The van der Waals surface area contributed by atoms with Gasteiger partial charge in [-0.05, 0) is 47.2 Å². The number of benzene rings is 1. The number of aliphatic imine (C=N–C) groups is 1. The molecular formula is C8H6INO. The molecule has 0 aliphatic heterocycles. The van der Waals surface area contributed by atoms with E-state index >= 15 is 0 Å². The number of halogens is 1. The molecule has 1 rings (SSSR count). The van der Waals surface area contributed by atoms with E-state index in [9.17, 15) is 4.79 Å². The molecule has 0 radical (unpaired) electrons. The third-order valence-electron chi connectivity index (χ3n) is 1.27. The first-order valence-corrected chi connectivity index (χ1v) is 4.16. The van der Waals surface area contributed by atoms with Gasteiger partial charge in [0.05, 0.1) is 5.69 Å². The quantitative estimate of drug-likeness (QED) is 0.433. The van der Waals surface area contributed by atoms with Crippen LogP contribution in [0, 0.1) is 10.5 Å². The molecule has 0 fully saturated rings. The van der Waals surface area contributed by atoms with Crippen molar-refractivity contribution in [2.75, 3.05) is 0 Å². The number of nitrogens with zero attached hydrogens (tertiary/aromatic N) is 1. The molecule has 0 N–H and O–H groups in total. The maximum absolute atomic E-state index is 9.94. The molecule has 3 heteroatoms. The molecule has 0 aliphatic rings. The van der Waals surface area contributed by atoms with Crippen LogP contribution in [0.5, 0.6) is 0 Å². The van der Waals surface area contributed by atoms with E-state index in [1.165, 1.54) is 6.08 Å². The number of carbonyl (C=O) groups excluding carboxylic acids is 1. The summed E-state index contributed by atoms with van der Waals surface area (Å²) in [4.78, 5) is 13.5. The Kier molecular flexibility index (Phi) is 2.79. The summed E-state index contributed by atoms with van der Waals surface area (Å²) in [5, 5.41) is 0. The van der Waals surface area contributed by atoms with Crippen LogP contribution in [-0.2, 0) is 4.79 Å². The fourth-order valence-electron chi connectivity index (χ4n) is 0.758. The number of hydrogen-bond donors (Lipinski definition) is 0. The summed E-state index contributed by atoms with van der Waals surface area (Å²) in [6, 6.07) is 5.75. The van der Waals surface area contributed by atoms with Gasteiger partial charge in [0.15, 0.2) is 0 Å². The first-order chi connectivity index (χ1) is 5.24. The average Bonchev–Trinajstić information content (AvgIpc) is 1.98. The lowest BCUT2D eigenvalue weighted by Crippen LogP contribution is -1.75. The topological polar surface area (TPSA) is 29.4 Å². The van der Waals surface area contributed by atoms with Crippen LogP contribution in [0.4, 0.5) is 5.69 Å². The van der Waals surface area contributed by atoms with Gasteiger partial charge in [0.1, 0.15) is 0 Å². The zero-order valence-corrected chi connectivity index (χ0v) is 8.12. The van der Waals surface area contributed by atoms with Crippen LogP contribution >= 0.6 is 22.6 Å². The molecule has 2 nitrogen and oxygen atoms in total. The highest BCUT2D eigenvalue weighted by atomic mass is 127. The molecule has 0 unspecified atom stereocenters. The number of aryl methyl sites for hydroxylation is 1. The fourth-order valence-corrected chi connectivity index (χ4v) is 1.21. The monoisotopic (exact) mass is 259 g/mol. The zero-order chi connectivity index (χ0) is 8.27. The van der Waals surface area contributed by atoms with Gasteiger partial charge in [-0.3, -0.25) is 0 Å². The minimum Gasteiger partial charge on any atom is -0.211 e. The van der Waals surface area contributed by atoms with E-state index in [1.54, 1.807) is 0 Å². The second-order valence-electron chi connectivity index (χ2n) is 2.16. The van der Waals surface area contributed by atoms with Crippen molar-refractivity contribution in [3.8, 4) is 0 Å². The molecule has 0 heterocycles. The Hall–Kier alpha value is -0.670. The summed E-state index contributed by atoms with van der Waals surface area (Å²) in [5.41, 5.74) is 1.79. The predicted molar refractivity (Wildman–Crippen MR) is 51.7 cm³/mol. The van der Waals surface area contributed by atoms with Crippen molar-refractivity contribution in [3.05, 3.63) is 27.3 Å². The van der Waals surface area contributed by atoms with E-state index in [-0.39, 0.29) is 0 Å². The molecule has 0 spiro atoms. The Labute approximate surface area is 78.5 Å². The lowest BCUT2D eigenvalue weighted by molar-refractivity contribution is 0.565. The van der Waals surface area contributed by atoms with E-state index in [1.807, 2.05) is 25.1 Å². The molecule has 0 saturated heterocycles. The molecule has 0 aromatic heterocycles. The molecule has 0 saturated carbocycles. The summed E-state index contributed by atoms with van der Waals surface area (Å²) in [6.07, 6.45) is 1.52. The molecule has 0 atom stereocenters. The Morgan fingerprint density at radius 2 is 2.27 bits per heavy atom. The van der Waals surface area contributed by atoms with Crippen LogP contribution in [0.15, 0.2) is 23.2 Å². The van der Waals surface area contributed by atoms with Crippen molar-refractivity contribution in [1.29, 1.82) is 0 Å². The maximum Gasteiger partial charge on any atom is 0.240 e. The van der Waals surface area contributed by atoms with Gasteiger partial charge in [0.2, 0.25) is 6.08 Å². The van der Waals surface area contributed by atoms with E-state index in [0.717, 1.165) is 9.13 Å². The first-order valence-electron chi connectivity index (χ1n) is 3.08. The van der Waals surface area contributed by atoms with Crippen LogP contribution in [0.3, 0.4) is 0 Å². The zero-order valence-electron chi connectivity index (χ0n) is 5.97. The summed E-state index contributed by atoms with van der Waals surface area (Å²) in [7, 11) is 0. The van der Waals surface area contributed by atoms with Crippen LogP contribution < -0.4 is 0 Å². The third-order valence-corrected chi connectivity index (χ3v) is 2.18. The third kappa shape index (κ3) is 2.13. The standard InChI is InChI=1S/C8H6INO/c1-6-2-3-7(9)8(4-6)10-5-11/h2-4H,1H3. The maximum atomic E-state index is 9.94. The Morgan fingerprint density at radius 3 is 2.91 bits per heavy atom. The van der Waals surface area contributed by atoms with Gasteiger partial charge in [0.25, 0.3) is 0 Å². The summed E-state index contributed by atoms with van der Waals surface area (Å²) in [6.45, 7) is 1.96. The second kappa shape index (κ2) is 3.64. The lowest BCUT2D eigenvalue weighted by atomic mass is 10.2. The Bertz CT molecular complexity index is 316. The highest BCUT2D eigenvalue weighted by Gasteiger charge is 1.96. The smallest absolute Gasteiger partial charge is 0.211 e. The van der Waals surface area contributed by atoms with Gasteiger partial charge < -0.3 is 0 Å². The van der Waals surface area contributed by atoms with Gasteiger partial charge in [-0.15, -0.1) is 0 Å². The Balaban J connectivity index is 3.22. The van der Waals surface area contributed by atoms with Crippen molar-refractivity contribution in [2.24, 2.45) is 4.99 Å². The van der Waals surface area contributed by atoms with Gasteiger partial charge >= 0.3 is 0 Å². The second-order valence-corrected chi connectivity index (χ2v) is 3.32. The normalized spacial score (nSPS) is 8.91. The largest absolute Gasteiger partial charge is 0.240 e. The molecule has 1 aromatic carbocycles. The van der Waals surface area contributed by atoms with E-state index in [4.69, 9.17) is 0 Å². The van der Waals surface area contributed by atoms with Crippen molar-refractivity contribution < 1.29 is 4.79 Å². The fraction of sp³-hybridized carbons (Fsp3) is 0.125. The molecule has 0 bridgehead atoms. The van der Waals surface area contributed by atoms with Gasteiger partial charge in [-0.2, -0.15) is 4.99 Å². The predicted octanol–water partition coefficient (Wildman–Crippen LogP) is 2.57.